The van der Waals surface area contributed by atoms with Gasteiger partial charge in [-0.15, -0.1) is 0 Å². The van der Waals surface area contributed by atoms with Gasteiger partial charge in [0.15, 0.2) is 11.5 Å². The first-order valence-electron chi connectivity index (χ1n) is 8.79. The average molecular weight is 408 g/mol. The topological polar surface area (TPSA) is 83.0 Å². The number of benzene rings is 1. The molecule has 28 heavy (non-hydrogen) atoms. The quantitative estimate of drug-likeness (QED) is 0.728. The Bertz CT molecular complexity index is 806. The second-order valence-electron chi connectivity index (χ2n) is 6.23. The van der Waals surface area contributed by atoms with Crippen molar-refractivity contribution >= 4 is 17.5 Å². The molecular formula is C19H22ClN3O5. The maximum atomic E-state index is 13.0. The highest BCUT2D eigenvalue weighted by Gasteiger charge is 2.28. The maximum absolute atomic E-state index is 13.0. The summed E-state index contributed by atoms with van der Waals surface area (Å²) < 4.78 is 21.8. The van der Waals surface area contributed by atoms with Crippen molar-refractivity contribution in [2.45, 2.75) is 18.9 Å². The normalized spacial score (nSPS) is 16.4. The van der Waals surface area contributed by atoms with Crippen LogP contribution in [-0.2, 0) is 0 Å². The highest BCUT2D eigenvalue weighted by atomic mass is 35.5. The highest BCUT2D eigenvalue weighted by Crippen LogP contribution is 2.38. The van der Waals surface area contributed by atoms with Crippen LogP contribution < -0.4 is 18.9 Å². The van der Waals surface area contributed by atoms with E-state index in [-0.39, 0.29) is 18.0 Å². The van der Waals surface area contributed by atoms with Gasteiger partial charge in [0, 0.05) is 12.1 Å². The number of carbonyl (C=O) groups excluding carboxylic acids is 1. The third kappa shape index (κ3) is 4.39. The zero-order chi connectivity index (χ0) is 20.1. The van der Waals surface area contributed by atoms with Crippen LogP contribution in [0.1, 0.15) is 23.2 Å². The van der Waals surface area contributed by atoms with Gasteiger partial charge in [-0.2, -0.15) is 0 Å². The van der Waals surface area contributed by atoms with Crippen molar-refractivity contribution in [3.63, 3.8) is 0 Å². The number of likely N-dealkylation sites (tertiary alicyclic amines) is 1. The summed E-state index contributed by atoms with van der Waals surface area (Å²) in [6.45, 7) is 1.07. The predicted molar refractivity (Wildman–Crippen MR) is 103 cm³/mol. The molecule has 1 saturated heterocycles. The molecule has 1 unspecified atom stereocenters. The first-order chi connectivity index (χ1) is 13.5. The summed E-state index contributed by atoms with van der Waals surface area (Å²) in [5, 5.41) is 0.440. The van der Waals surface area contributed by atoms with Gasteiger partial charge in [0.1, 0.15) is 6.10 Å². The van der Waals surface area contributed by atoms with E-state index in [1.165, 1.54) is 33.7 Å². The van der Waals surface area contributed by atoms with Crippen LogP contribution in [0.15, 0.2) is 24.5 Å². The van der Waals surface area contributed by atoms with Crippen LogP contribution in [0.3, 0.4) is 0 Å². The average Bonchev–Trinajstić information content (AvgIpc) is 2.73. The Balaban J connectivity index is 1.75. The van der Waals surface area contributed by atoms with Crippen LogP contribution in [0.25, 0.3) is 0 Å². The molecular weight excluding hydrogens is 386 g/mol. The number of hydrogen-bond acceptors (Lipinski definition) is 7. The first-order valence-corrected chi connectivity index (χ1v) is 9.17. The Morgan fingerprint density at radius 3 is 2.32 bits per heavy atom. The van der Waals surface area contributed by atoms with Gasteiger partial charge in [-0.1, -0.05) is 11.6 Å². The number of carbonyl (C=O) groups is 1. The summed E-state index contributed by atoms with van der Waals surface area (Å²) in [4.78, 5) is 22.9. The number of ether oxygens (including phenoxy) is 4. The zero-order valence-electron chi connectivity index (χ0n) is 16.0. The van der Waals surface area contributed by atoms with Gasteiger partial charge in [-0.25, -0.2) is 9.97 Å². The van der Waals surface area contributed by atoms with Crippen LogP contribution in [0.2, 0.25) is 5.02 Å². The van der Waals surface area contributed by atoms with Crippen molar-refractivity contribution < 1.29 is 23.7 Å². The molecule has 9 heteroatoms. The molecule has 0 spiro atoms. The van der Waals surface area contributed by atoms with E-state index in [9.17, 15) is 4.79 Å². The zero-order valence-corrected chi connectivity index (χ0v) is 16.7. The molecule has 0 bridgehead atoms. The van der Waals surface area contributed by atoms with Crippen molar-refractivity contribution in [1.82, 2.24) is 14.9 Å². The molecule has 1 amide bonds. The van der Waals surface area contributed by atoms with Gasteiger partial charge >= 0.3 is 6.01 Å². The van der Waals surface area contributed by atoms with E-state index < -0.39 is 0 Å². The van der Waals surface area contributed by atoms with Crippen LogP contribution in [-0.4, -0.2) is 61.3 Å². The van der Waals surface area contributed by atoms with Crippen molar-refractivity contribution in [2.24, 2.45) is 0 Å². The monoisotopic (exact) mass is 407 g/mol. The minimum Gasteiger partial charge on any atom is -0.493 e. The van der Waals surface area contributed by atoms with Crippen molar-refractivity contribution in [1.29, 1.82) is 0 Å². The van der Waals surface area contributed by atoms with Crippen molar-refractivity contribution in [3.05, 3.63) is 35.1 Å². The molecule has 0 radical (unpaired) electrons. The molecule has 150 valence electrons. The third-order valence-corrected chi connectivity index (χ3v) is 4.64. The van der Waals surface area contributed by atoms with Crippen LogP contribution in [0.4, 0.5) is 0 Å². The SMILES string of the molecule is COc1cc(C(=O)N2CCCC(Oc3ncc(Cl)cn3)C2)cc(OC)c1OC. The molecule has 1 fully saturated rings. The molecule has 1 atom stereocenters. The Morgan fingerprint density at radius 1 is 1.11 bits per heavy atom. The molecule has 2 heterocycles. The summed E-state index contributed by atoms with van der Waals surface area (Å²) >= 11 is 5.80. The van der Waals surface area contributed by atoms with E-state index in [2.05, 4.69) is 9.97 Å². The van der Waals surface area contributed by atoms with Gasteiger partial charge in [0.2, 0.25) is 5.75 Å². The Labute approximate surface area is 168 Å². The van der Waals surface area contributed by atoms with Crippen molar-refractivity contribution in [3.8, 4) is 23.3 Å². The fraction of sp³-hybridized carbons (Fsp3) is 0.421. The lowest BCUT2D eigenvalue weighted by atomic mass is 10.1. The smallest absolute Gasteiger partial charge is 0.316 e. The minimum atomic E-state index is -0.194. The summed E-state index contributed by atoms with van der Waals surface area (Å²) in [7, 11) is 4.55. The summed E-state index contributed by atoms with van der Waals surface area (Å²) in [5.74, 6) is 1.18. The molecule has 3 rings (SSSR count). The molecule has 8 nitrogen and oxygen atoms in total. The largest absolute Gasteiger partial charge is 0.493 e. The van der Waals surface area contributed by atoms with Crippen molar-refractivity contribution in [2.75, 3.05) is 34.4 Å². The summed E-state index contributed by atoms with van der Waals surface area (Å²) in [6.07, 6.45) is 4.39. The number of aromatic nitrogens is 2. The Morgan fingerprint density at radius 2 is 1.75 bits per heavy atom. The number of nitrogens with zero attached hydrogens (tertiary/aromatic N) is 3. The molecule has 0 saturated carbocycles. The standard InChI is InChI=1S/C19H22ClN3O5/c1-25-15-7-12(8-16(26-2)17(15)27-3)18(24)23-6-4-5-14(11-23)28-19-21-9-13(20)10-22-19/h7-10,14H,4-6,11H2,1-3H3. The fourth-order valence-electron chi connectivity index (χ4n) is 3.12. The van der Waals surface area contributed by atoms with E-state index in [1.807, 2.05) is 0 Å². The number of hydrogen-bond donors (Lipinski definition) is 0. The third-order valence-electron chi connectivity index (χ3n) is 4.45. The molecule has 0 N–H and O–H groups in total. The van der Waals surface area contributed by atoms with Gasteiger partial charge in [-0.05, 0) is 25.0 Å². The molecule has 0 aliphatic carbocycles. The molecule has 2 aromatic rings. The van der Waals surface area contributed by atoms with Gasteiger partial charge in [-0.3, -0.25) is 4.79 Å². The molecule has 1 aliphatic heterocycles. The summed E-state index contributed by atoms with van der Waals surface area (Å²) in [5.41, 5.74) is 0.456. The molecule has 1 aromatic heterocycles. The fourth-order valence-corrected chi connectivity index (χ4v) is 3.21. The molecule has 1 aliphatic rings. The Kier molecular flexibility index (Phi) is 6.41. The lowest BCUT2D eigenvalue weighted by molar-refractivity contribution is 0.0515. The number of amides is 1. The van der Waals surface area contributed by atoms with E-state index in [0.29, 0.717) is 40.9 Å². The van der Waals surface area contributed by atoms with Crippen LogP contribution >= 0.6 is 11.6 Å². The van der Waals surface area contributed by atoms with Crippen LogP contribution in [0, 0.1) is 0 Å². The van der Waals surface area contributed by atoms with E-state index in [1.54, 1.807) is 17.0 Å². The number of methoxy groups -OCH3 is 3. The van der Waals surface area contributed by atoms with Gasteiger partial charge < -0.3 is 23.8 Å². The second-order valence-corrected chi connectivity index (χ2v) is 6.67. The van der Waals surface area contributed by atoms with E-state index in [0.717, 1.165) is 12.8 Å². The summed E-state index contributed by atoms with van der Waals surface area (Å²) in [6, 6.07) is 3.55. The first kappa shape index (κ1) is 20.0. The van der Waals surface area contributed by atoms with Gasteiger partial charge in [0.25, 0.3) is 5.91 Å². The number of halogens is 1. The van der Waals surface area contributed by atoms with Gasteiger partial charge in [0.05, 0.1) is 45.3 Å². The molecule has 1 aromatic carbocycles. The van der Waals surface area contributed by atoms with Crippen LogP contribution in [0.5, 0.6) is 23.3 Å². The predicted octanol–water partition coefficient (Wildman–Crippen LogP) is 2.84. The van der Waals surface area contributed by atoms with E-state index >= 15 is 0 Å². The van der Waals surface area contributed by atoms with E-state index in [4.69, 9.17) is 30.5 Å². The minimum absolute atomic E-state index is 0.135. The second kappa shape index (κ2) is 8.97. The Hall–Kier alpha value is -2.74. The number of piperidine rings is 1. The highest BCUT2D eigenvalue weighted by molar-refractivity contribution is 6.30. The lowest BCUT2D eigenvalue weighted by Gasteiger charge is -2.32. The number of rotatable bonds is 6. The maximum Gasteiger partial charge on any atom is 0.316 e. The lowest BCUT2D eigenvalue weighted by Crippen LogP contribution is -2.44.